The van der Waals surface area contributed by atoms with Crippen LogP contribution in [0.5, 0.6) is 11.5 Å². The summed E-state index contributed by atoms with van der Waals surface area (Å²) in [6, 6.07) is 5.24. The van der Waals surface area contributed by atoms with Crippen molar-refractivity contribution in [2.75, 3.05) is 20.8 Å². The summed E-state index contributed by atoms with van der Waals surface area (Å²) in [4.78, 5) is 24.6. The fourth-order valence-electron chi connectivity index (χ4n) is 2.56. The van der Waals surface area contributed by atoms with Gasteiger partial charge in [0.25, 0.3) is 0 Å². The average Bonchev–Trinajstić information content (AvgIpc) is 2.88. The van der Waals surface area contributed by atoms with E-state index in [-0.39, 0.29) is 24.9 Å². The minimum atomic E-state index is -0.926. The van der Waals surface area contributed by atoms with Crippen molar-refractivity contribution in [2.24, 2.45) is 5.92 Å². The summed E-state index contributed by atoms with van der Waals surface area (Å²) in [6.45, 7) is 2.12. The zero-order valence-electron chi connectivity index (χ0n) is 12.3. The van der Waals surface area contributed by atoms with Gasteiger partial charge in [-0.3, -0.25) is 9.59 Å². The van der Waals surface area contributed by atoms with Crippen LogP contribution in [0.4, 0.5) is 0 Å². The number of rotatable bonds is 5. The Morgan fingerprint density at radius 1 is 1.33 bits per heavy atom. The molecule has 0 radical (unpaired) electrons. The van der Waals surface area contributed by atoms with Crippen molar-refractivity contribution in [3.63, 3.8) is 0 Å². The second-order valence-corrected chi connectivity index (χ2v) is 5.08. The molecule has 1 fully saturated rings. The number of carboxylic acids is 1. The largest absolute Gasteiger partial charge is 0.493 e. The molecule has 1 aliphatic rings. The zero-order valence-corrected chi connectivity index (χ0v) is 12.3. The highest BCUT2D eigenvalue weighted by Crippen LogP contribution is 2.34. The SMILES string of the molecule is COc1ccc(C(C)N2CC(C(=O)O)CC2=O)cc1OC. The van der Waals surface area contributed by atoms with Gasteiger partial charge in [0.15, 0.2) is 11.5 Å². The minimum absolute atomic E-state index is 0.0625. The van der Waals surface area contributed by atoms with Gasteiger partial charge < -0.3 is 19.5 Å². The van der Waals surface area contributed by atoms with E-state index in [0.717, 1.165) is 5.56 Å². The molecule has 1 aromatic rings. The monoisotopic (exact) mass is 293 g/mol. The van der Waals surface area contributed by atoms with Gasteiger partial charge in [-0.05, 0) is 24.6 Å². The van der Waals surface area contributed by atoms with Crippen molar-refractivity contribution < 1.29 is 24.2 Å². The number of carboxylic acid groups (broad SMARTS) is 1. The van der Waals surface area contributed by atoms with Crippen molar-refractivity contribution in [3.8, 4) is 11.5 Å². The maximum absolute atomic E-state index is 12.0. The third kappa shape index (κ3) is 2.94. The topological polar surface area (TPSA) is 76.1 Å². The van der Waals surface area contributed by atoms with Crippen molar-refractivity contribution in [2.45, 2.75) is 19.4 Å². The van der Waals surface area contributed by atoms with Gasteiger partial charge in [0.05, 0.1) is 26.2 Å². The molecule has 0 spiro atoms. The molecule has 6 nitrogen and oxygen atoms in total. The molecule has 0 bridgehead atoms. The zero-order chi connectivity index (χ0) is 15.6. The maximum Gasteiger partial charge on any atom is 0.308 e. The van der Waals surface area contributed by atoms with Crippen molar-refractivity contribution >= 4 is 11.9 Å². The van der Waals surface area contributed by atoms with E-state index in [4.69, 9.17) is 14.6 Å². The van der Waals surface area contributed by atoms with Crippen LogP contribution in [-0.2, 0) is 9.59 Å². The first-order valence-electron chi connectivity index (χ1n) is 6.72. The summed E-state index contributed by atoms with van der Waals surface area (Å²) < 4.78 is 10.4. The summed E-state index contributed by atoms with van der Waals surface area (Å²) >= 11 is 0. The minimum Gasteiger partial charge on any atom is -0.493 e. The van der Waals surface area contributed by atoms with E-state index in [1.807, 2.05) is 19.1 Å². The summed E-state index contributed by atoms with van der Waals surface area (Å²) in [5.74, 6) is -0.483. The third-order valence-electron chi connectivity index (χ3n) is 3.87. The van der Waals surface area contributed by atoms with Crippen LogP contribution in [0, 0.1) is 5.92 Å². The van der Waals surface area contributed by atoms with Crippen molar-refractivity contribution in [1.29, 1.82) is 0 Å². The Morgan fingerprint density at radius 3 is 2.52 bits per heavy atom. The lowest BCUT2D eigenvalue weighted by atomic mass is 10.1. The second kappa shape index (κ2) is 6.03. The number of ether oxygens (including phenoxy) is 2. The molecule has 1 aromatic carbocycles. The lowest BCUT2D eigenvalue weighted by Crippen LogP contribution is -2.29. The highest BCUT2D eigenvalue weighted by molar-refractivity contribution is 5.86. The second-order valence-electron chi connectivity index (χ2n) is 5.08. The molecule has 2 atom stereocenters. The Kier molecular flexibility index (Phi) is 4.35. The molecule has 1 heterocycles. The molecule has 1 N–H and O–H groups in total. The Balaban J connectivity index is 2.22. The first-order chi connectivity index (χ1) is 9.97. The van der Waals surface area contributed by atoms with Gasteiger partial charge in [0.2, 0.25) is 5.91 Å². The number of likely N-dealkylation sites (tertiary alicyclic amines) is 1. The van der Waals surface area contributed by atoms with Crippen LogP contribution in [0.25, 0.3) is 0 Å². The molecule has 1 amide bonds. The van der Waals surface area contributed by atoms with Crippen LogP contribution in [0.15, 0.2) is 18.2 Å². The van der Waals surface area contributed by atoms with Gasteiger partial charge in [-0.25, -0.2) is 0 Å². The Hall–Kier alpha value is -2.24. The molecule has 0 aliphatic carbocycles. The number of benzene rings is 1. The number of aliphatic carboxylic acids is 1. The molecule has 1 saturated heterocycles. The molecule has 2 rings (SSSR count). The Bertz CT molecular complexity index is 557. The quantitative estimate of drug-likeness (QED) is 0.894. The van der Waals surface area contributed by atoms with Crippen LogP contribution in [-0.4, -0.2) is 42.6 Å². The average molecular weight is 293 g/mol. The van der Waals surface area contributed by atoms with Gasteiger partial charge >= 0.3 is 5.97 Å². The van der Waals surface area contributed by atoms with Crippen LogP contribution < -0.4 is 9.47 Å². The summed E-state index contributed by atoms with van der Waals surface area (Å²) in [7, 11) is 3.11. The molecule has 6 heteroatoms. The number of hydrogen-bond donors (Lipinski definition) is 1. The Morgan fingerprint density at radius 2 is 2.00 bits per heavy atom. The third-order valence-corrected chi connectivity index (χ3v) is 3.87. The molecule has 1 aliphatic heterocycles. The molecule has 21 heavy (non-hydrogen) atoms. The maximum atomic E-state index is 12.0. The van der Waals surface area contributed by atoms with Gasteiger partial charge in [-0.1, -0.05) is 6.07 Å². The molecular formula is C15H19NO5. The number of hydrogen-bond acceptors (Lipinski definition) is 4. The molecule has 0 aromatic heterocycles. The summed E-state index contributed by atoms with van der Waals surface area (Å²) in [5.41, 5.74) is 0.882. The first-order valence-corrected chi connectivity index (χ1v) is 6.72. The van der Waals surface area contributed by atoms with Gasteiger partial charge in [0, 0.05) is 13.0 Å². The van der Waals surface area contributed by atoms with Gasteiger partial charge in [-0.15, -0.1) is 0 Å². The predicted octanol–water partition coefficient (Wildman–Crippen LogP) is 1.70. The first kappa shape index (κ1) is 15.2. The molecule has 114 valence electrons. The Labute approximate surface area is 123 Å². The van der Waals surface area contributed by atoms with E-state index in [9.17, 15) is 9.59 Å². The van der Waals surface area contributed by atoms with Crippen LogP contribution >= 0.6 is 0 Å². The lowest BCUT2D eigenvalue weighted by Gasteiger charge is -2.25. The lowest BCUT2D eigenvalue weighted by molar-refractivity contribution is -0.141. The number of nitrogens with zero attached hydrogens (tertiary/aromatic N) is 1. The van der Waals surface area contributed by atoms with E-state index >= 15 is 0 Å². The predicted molar refractivity (Wildman–Crippen MR) is 75.4 cm³/mol. The fraction of sp³-hybridized carbons (Fsp3) is 0.467. The van der Waals surface area contributed by atoms with Crippen LogP contribution in [0.1, 0.15) is 24.9 Å². The number of carbonyl (C=O) groups excluding carboxylic acids is 1. The van der Waals surface area contributed by atoms with Gasteiger partial charge in [-0.2, -0.15) is 0 Å². The highest BCUT2D eigenvalue weighted by atomic mass is 16.5. The fourth-order valence-corrected chi connectivity index (χ4v) is 2.56. The van der Waals surface area contributed by atoms with E-state index in [1.165, 1.54) is 0 Å². The highest BCUT2D eigenvalue weighted by Gasteiger charge is 2.37. The van der Waals surface area contributed by atoms with E-state index in [1.54, 1.807) is 25.2 Å². The molecule has 0 saturated carbocycles. The summed E-state index contributed by atoms with van der Waals surface area (Å²) in [6.07, 6.45) is 0.0625. The summed E-state index contributed by atoms with van der Waals surface area (Å²) in [5, 5.41) is 9.04. The standard InChI is InChI=1S/C15H19NO5/c1-9(16-8-11(15(18)19)7-14(16)17)10-4-5-12(20-2)13(6-10)21-3/h4-6,9,11H,7-8H2,1-3H3,(H,18,19). The van der Waals surface area contributed by atoms with Crippen LogP contribution in [0.2, 0.25) is 0 Å². The van der Waals surface area contributed by atoms with Crippen molar-refractivity contribution in [1.82, 2.24) is 4.90 Å². The van der Waals surface area contributed by atoms with Crippen molar-refractivity contribution in [3.05, 3.63) is 23.8 Å². The number of methoxy groups -OCH3 is 2. The smallest absolute Gasteiger partial charge is 0.308 e. The van der Waals surface area contributed by atoms with Gasteiger partial charge in [0.1, 0.15) is 0 Å². The van der Waals surface area contributed by atoms with E-state index in [0.29, 0.717) is 11.5 Å². The number of amides is 1. The number of carbonyl (C=O) groups is 2. The molecular weight excluding hydrogens is 274 g/mol. The normalized spacial score (nSPS) is 19.5. The van der Waals surface area contributed by atoms with Crippen LogP contribution in [0.3, 0.4) is 0 Å². The van der Waals surface area contributed by atoms with E-state index < -0.39 is 11.9 Å². The van der Waals surface area contributed by atoms with E-state index in [2.05, 4.69) is 0 Å². The molecule has 2 unspecified atom stereocenters.